The van der Waals surface area contributed by atoms with Gasteiger partial charge in [-0.1, -0.05) is 17.7 Å². The minimum absolute atomic E-state index is 0.347. The summed E-state index contributed by atoms with van der Waals surface area (Å²) in [5.74, 6) is 0. The van der Waals surface area contributed by atoms with Crippen molar-refractivity contribution in [2.45, 2.75) is 11.8 Å². The van der Waals surface area contributed by atoms with E-state index in [1.807, 2.05) is 36.6 Å². The molecule has 0 N–H and O–H groups in total. The molecule has 0 heterocycles. The van der Waals surface area contributed by atoms with Gasteiger partial charge in [0.2, 0.25) is 0 Å². The Kier molecular flexibility index (Phi) is 4.00. The molecule has 0 amide bonds. The van der Waals surface area contributed by atoms with E-state index in [0.29, 0.717) is 5.08 Å². The minimum atomic E-state index is -1.05. The zero-order valence-electron chi connectivity index (χ0n) is 7.19. The third-order valence-electron chi connectivity index (χ3n) is 1.51. The molecule has 0 aliphatic carbocycles. The molecule has 0 fully saturated rings. The summed E-state index contributed by atoms with van der Waals surface area (Å²) in [7, 11) is -1.05. The van der Waals surface area contributed by atoms with Crippen LogP contribution in [0.3, 0.4) is 0 Å². The molecule has 13 heavy (non-hydrogen) atoms. The van der Waals surface area contributed by atoms with Crippen molar-refractivity contribution in [1.82, 2.24) is 0 Å². The van der Waals surface area contributed by atoms with Crippen LogP contribution in [-0.4, -0.2) is 9.29 Å². The number of hydrogen-bond acceptors (Lipinski definition) is 3. The SMILES string of the molecule is Cc1ccc(S(=O)CSC#N)cc1. The zero-order chi connectivity index (χ0) is 9.68. The molecule has 1 aromatic carbocycles. The number of thioether (sulfide) groups is 1. The molecule has 0 aliphatic rings. The van der Waals surface area contributed by atoms with Gasteiger partial charge >= 0.3 is 0 Å². The molecule has 68 valence electrons. The van der Waals surface area contributed by atoms with Gasteiger partial charge in [0.25, 0.3) is 0 Å². The average molecular weight is 211 g/mol. The number of nitriles is 1. The molecule has 4 heteroatoms. The second-order valence-corrected chi connectivity index (χ2v) is 5.09. The van der Waals surface area contributed by atoms with Crippen LogP contribution >= 0.6 is 11.8 Å². The summed E-state index contributed by atoms with van der Waals surface area (Å²) in [5.41, 5.74) is 1.15. The van der Waals surface area contributed by atoms with E-state index in [9.17, 15) is 4.21 Å². The van der Waals surface area contributed by atoms with Crippen molar-refractivity contribution in [3.8, 4) is 5.40 Å². The van der Waals surface area contributed by atoms with Gasteiger partial charge in [-0.15, -0.1) is 0 Å². The Morgan fingerprint density at radius 3 is 2.62 bits per heavy atom. The van der Waals surface area contributed by atoms with Crippen LogP contribution in [0, 0.1) is 17.6 Å². The molecule has 0 saturated carbocycles. The first-order chi connectivity index (χ1) is 6.24. The summed E-state index contributed by atoms with van der Waals surface area (Å²) in [4.78, 5) is 0.786. The third-order valence-corrected chi connectivity index (χ3v) is 3.77. The van der Waals surface area contributed by atoms with E-state index in [-0.39, 0.29) is 0 Å². The summed E-state index contributed by atoms with van der Waals surface area (Å²) in [6.45, 7) is 1.98. The number of hydrogen-bond donors (Lipinski definition) is 0. The highest BCUT2D eigenvalue weighted by Crippen LogP contribution is 2.12. The Labute approximate surface area is 84.4 Å². The predicted octanol–water partition coefficient (Wildman–Crippen LogP) is 2.27. The molecule has 1 unspecified atom stereocenters. The van der Waals surface area contributed by atoms with E-state index in [4.69, 9.17) is 5.26 Å². The number of aryl methyl sites for hydroxylation is 1. The zero-order valence-corrected chi connectivity index (χ0v) is 8.82. The molecule has 0 spiro atoms. The van der Waals surface area contributed by atoms with Crippen LogP contribution in [0.5, 0.6) is 0 Å². The van der Waals surface area contributed by atoms with E-state index in [1.165, 1.54) is 0 Å². The number of benzene rings is 1. The van der Waals surface area contributed by atoms with Crippen LogP contribution in [-0.2, 0) is 10.8 Å². The smallest absolute Gasteiger partial charge is 0.134 e. The lowest BCUT2D eigenvalue weighted by Crippen LogP contribution is -1.93. The summed E-state index contributed by atoms with van der Waals surface area (Å²) >= 11 is 1.02. The molecule has 0 radical (unpaired) electrons. The van der Waals surface area contributed by atoms with Crippen LogP contribution in [0.25, 0.3) is 0 Å². The Morgan fingerprint density at radius 1 is 1.46 bits per heavy atom. The third kappa shape index (κ3) is 3.21. The van der Waals surface area contributed by atoms with Crippen LogP contribution in [0.4, 0.5) is 0 Å². The fourth-order valence-electron chi connectivity index (χ4n) is 0.838. The van der Waals surface area contributed by atoms with E-state index >= 15 is 0 Å². The molecule has 0 aliphatic heterocycles. The van der Waals surface area contributed by atoms with E-state index in [0.717, 1.165) is 22.2 Å². The van der Waals surface area contributed by atoms with Gasteiger partial charge in [0.05, 0.1) is 15.9 Å². The van der Waals surface area contributed by atoms with Gasteiger partial charge in [-0.3, -0.25) is 4.21 Å². The molecular weight excluding hydrogens is 202 g/mol. The van der Waals surface area contributed by atoms with Gasteiger partial charge in [-0.2, -0.15) is 5.26 Å². The van der Waals surface area contributed by atoms with Crippen molar-refractivity contribution in [2.24, 2.45) is 0 Å². The Balaban J connectivity index is 2.68. The quantitative estimate of drug-likeness (QED) is 0.720. The fourth-order valence-corrected chi connectivity index (χ4v) is 2.46. The van der Waals surface area contributed by atoms with Crippen molar-refractivity contribution in [3.63, 3.8) is 0 Å². The van der Waals surface area contributed by atoms with Gasteiger partial charge in [-0.25, -0.2) is 0 Å². The predicted molar refractivity (Wildman–Crippen MR) is 55.7 cm³/mol. The fraction of sp³-hybridized carbons (Fsp3) is 0.222. The molecular formula is C9H9NOS2. The Bertz CT molecular complexity index is 340. The highest BCUT2D eigenvalue weighted by atomic mass is 32.2. The summed E-state index contributed by atoms with van der Waals surface area (Å²) in [6, 6.07) is 7.52. The largest absolute Gasteiger partial charge is 0.253 e. The summed E-state index contributed by atoms with van der Waals surface area (Å²) in [6.07, 6.45) is 0. The highest BCUT2D eigenvalue weighted by Gasteiger charge is 2.02. The van der Waals surface area contributed by atoms with Crippen LogP contribution in [0.15, 0.2) is 29.2 Å². The Morgan fingerprint density at radius 2 is 2.08 bits per heavy atom. The second kappa shape index (κ2) is 5.05. The minimum Gasteiger partial charge on any atom is -0.253 e. The molecule has 1 atom stereocenters. The first-order valence-electron chi connectivity index (χ1n) is 3.70. The van der Waals surface area contributed by atoms with Crippen molar-refractivity contribution >= 4 is 22.6 Å². The van der Waals surface area contributed by atoms with Gasteiger partial charge in [0.1, 0.15) is 5.40 Å². The van der Waals surface area contributed by atoms with Crippen molar-refractivity contribution in [3.05, 3.63) is 29.8 Å². The highest BCUT2D eigenvalue weighted by molar-refractivity contribution is 8.13. The average Bonchev–Trinajstić information content (AvgIpc) is 2.15. The lowest BCUT2D eigenvalue weighted by Gasteiger charge is -1.98. The maximum absolute atomic E-state index is 11.5. The number of rotatable bonds is 3. The molecule has 2 nitrogen and oxygen atoms in total. The van der Waals surface area contributed by atoms with Crippen molar-refractivity contribution in [1.29, 1.82) is 5.26 Å². The molecule has 0 saturated heterocycles. The number of thiocyanates is 1. The first-order valence-corrected chi connectivity index (χ1v) is 6.00. The monoisotopic (exact) mass is 211 g/mol. The number of nitrogens with zero attached hydrogens (tertiary/aromatic N) is 1. The summed E-state index contributed by atoms with van der Waals surface area (Å²) < 4.78 is 11.5. The maximum atomic E-state index is 11.5. The van der Waals surface area contributed by atoms with Crippen LogP contribution in [0.2, 0.25) is 0 Å². The second-order valence-electron chi connectivity index (χ2n) is 2.51. The van der Waals surface area contributed by atoms with Gasteiger partial charge in [-0.05, 0) is 30.8 Å². The van der Waals surface area contributed by atoms with Gasteiger partial charge < -0.3 is 0 Å². The molecule has 1 aromatic rings. The van der Waals surface area contributed by atoms with Crippen LogP contribution in [0.1, 0.15) is 5.56 Å². The van der Waals surface area contributed by atoms with Crippen molar-refractivity contribution in [2.75, 3.05) is 5.08 Å². The first kappa shape index (κ1) is 10.3. The lowest BCUT2D eigenvalue weighted by atomic mass is 10.2. The summed E-state index contributed by atoms with van der Waals surface area (Å²) in [5, 5.41) is 10.5. The lowest BCUT2D eigenvalue weighted by molar-refractivity contribution is 0.686. The molecule has 0 bridgehead atoms. The van der Waals surface area contributed by atoms with Gasteiger partial charge in [0, 0.05) is 4.90 Å². The topological polar surface area (TPSA) is 40.9 Å². The van der Waals surface area contributed by atoms with E-state index in [2.05, 4.69) is 0 Å². The Hall–Kier alpha value is -0.790. The maximum Gasteiger partial charge on any atom is 0.134 e. The standard InChI is InChI=1S/C9H9NOS2/c1-8-2-4-9(5-3-8)13(11)7-12-6-10/h2-5H,7H2,1H3. The molecule has 0 aromatic heterocycles. The van der Waals surface area contributed by atoms with E-state index in [1.54, 1.807) is 0 Å². The van der Waals surface area contributed by atoms with E-state index < -0.39 is 10.8 Å². The van der Waals surface area contributed by atoms with Crippen molar-refractivity contribution < 1.29 is 4.21 Å². The van der Waals surface area contributed by atoms with Crippen LogP contribution < -0.4 is 0 Å². The van der Waals surface area contributed by atoms with Gasteiger partial charge in [0.15, 0.2) is 0 Å². The molecule has 1 rings (SSSR count). The normalized spacial score (nSPS) is 12.0.